The van der Waals surface area contributed by atoms with Crippen molar-refractivity contribution >= 4 is 45.7 Å². The number of rotatable bonds is 3. The molecular formula is C16H18ClN5O2S. The quantitative estimate of drug-likeness (QED) is 0.859. The average Bonchev–Trinajstić information content (AvgIpc) is 3.16. The number of thiazole rings is 1. The number of amides is 3. The summed E-state index contributed by atoms with van der Waals surface area (Å²) in [4.78, 5) is 32.3. The summed E-state index contributed by atoms with van der Waals surface area (Å²) in [7, 11) is 1.54. The van der Waals surface area contributed by atoms with Crippen molar-refractivity contribution in [1.29, 1.82) is 0 Å². The maximum atomic E-state index is 12.4. The van der Waals surface area contributed by atoms with Crippen LogP contribution in [-0.4, -0.2) is 55.0 Å². The molecule has 0 atom stereocenters. The molecular weight excluding hydrogens is 362 g/mol. The molecule has 7 nitrogen and oxygen atoms in total. The van der Waals surface area contributed by atoms with E-state index in [1.54, 1.807) is 47.7 Å². The molecule has 2 N–H and O–H groups in total. The number of benzene rings is 1. The lowest BCUT2D eigenvalue weighted by atomic mass is 10.2. The Morgan fingerprint density at radius 1 is 1.24 bits per heavy atom. The molecule has 1 fully saturated rings. The maximum absolute atomic E-state index is 12.4. The number of carbonyl (C=O) groups is 2. The largest absolute Gasteiger partial charge is 0.355 e. The standard InChI is InChI=1S/C16H18ClN5O2S/c1-18-14(23)12-3-2-11(10-13(12)17)20-15(24)21-5-7-22(8-6-21)16-19-4-9-25-16/h2-4,9-10H,5-8H2,1H3,(H,18,23)(H,20,24). The minimum absolute atomic E-state index is 0.178. The number of hydrogen-bond acceptors (Lipinski definition) is 5. The second kappa shape index (κ2) is 7.71. The zero-order chi connectivity index (χ0) is 17.8. The van der Waals surface area contributed by atoms with Gasteiger partial charge in [-0.1, -0.05) is 11.6 Å². The molecule has 132 valence electrons. The molecule has 3 amide bonds. The van der Waals surface area contributed by atoms with Crippen LogP contribution in [0.4, 0.5) is 15.6 Å². The fourth-order valence-corrected chi connectivity index (χ4v) is 3.55. The average molecular weight is 380 g/mol. The first-order valence-electron chi connectivity index (χ1n) is 7.80. The molecule has 9 heteroatoms. The molecule has 3 rings (SSSR count). The number of hydrogen-bond donors (Lipinski definition) is 2. The van der Waals surface area contributed by atoms with Crippen molar-refractivity contribution in [2.24, 2.45) is 0 Å². The van der Waals surface area contributed by atoms with E-state index in [0.29, 0.717) is 29.4 Å². The van der Waals surface area contributed by atoms with Gasteiger partial charge in [-0.25, -0.2) is 9.78 Å². The van der Waals surface area contributed by atoms with E-state index in [9.17, 15) is 9.59 Å². The summed E-state index contributed by atoms with van der Waals surface area (Å²) in [5, 5.41) is 8.57. The molecule has 1 aromatic carbocycles. The maximum Gasteiger partial charge on any atom is 0.321 e. The van der Waals surface area contributed by atoms with Gasteiger partial charge in [-0.3, -0.25) is 4.79 Å². The normalized spacial score (nSPS) is 14.3. The van der Waals surface area contributed by atoms with Gasteiger partial charge < -0.3 is 20.4 Å². The van der Waals surface area contributed by atoms with E-state index in [4.69, 9.17) is 11.6 Å². The lowest BCUT2D eigenvalue weighted by molar-refractivity contribution is 0.0963. The minimum atomic E-state index is -0.263. The lowest BCUT2D eigenvalue weighted by Gasteiger charge is -2.34. The molecule has 0 saturated carbocycles. The van der Waals surface area contributed by atoms with E-state index in [-0.39, 0.29) is 11.9 Å². The van der Waals surface area contributed by atoms with E-state index in [0.717, 1.165) is 18.2 Å². The van der Waals surface area contributed by atoms with Gasteiger partial charge in [0, 0.05) is 50.5 Å². The van der Waals surface area contributed by atoms with Gasteiger partial charge in [0.2, 0.25) is 0 Å². The van der Waals surface area contributed by atoms with Crippen LogP contribution >= 0.6 is 22.9 Å². The number of aromatic nitrogens is 1. The van der Waals surface area contributed by atoms with Gasteiger partial charge in [-0.05, 0) is 18.2 Å². The Labute approximate surface area is 154 Å². The third-order valence-electron chi connectivity index (χ3n) is 3.95. The molecule has 1 saturated heterocycles. The first kappa shape index (κ1) is 17.5. The first-order valence-corrected chi connectivity index (χ1v) is 9.06. The Hall–Kier alpha value is -2.32. The van der Waals surface area contributed by atoms with Crippen LogP contribution in [0.3, 0.4) is 0 Å². The first-order chi connectivity index (χ1) is 12.1. The number of halogens is 1. The van der Waals surface area contributed by atoms with Crippen molar-refractivity contribution in [2.45, 2.75) is 0 Å². The zero-order valence-corrected chi connectivity index (χ0v) is 15.2. The van der Waals surface area contributed by atoms with Crippen LogP contribution in [0.15, 0.2) is 29.8 Å². The van der Waals surface area contributed by atoms with E-state index in [1.807, 2.05) is 5.38 Å². The van der Waals surface area contributed by atoms with E-state index >= 15 is 0 Å². The van der Waals surface area contributed by atoms with Crippen molar-refractivity contribution in [3.8, 4) is 0 Å². The topological polar surface area (TPSA) is 77.6 Å². The number of piperazine rings is 1. The second-order valence-electron chi connectivity index (χ2n) is 5.49. The number of nitrogens with one attached hydrogen (secondary N) is 2. The Morgan fingerprint density at radius 2 is 2.00 bits per heavy atom. The number of urea groups is 1. The molecule has 0 unspecified atom stereocenters. The zero-order valence-electron chi connectivity index (χ0n) is 13.7. The third kappa shape index (κ3) is 4.02. The fraction of sp³-hybridized carbons (Fsp3) is 0.312. The summed E-state index contributed by atoms with van der Waals surface area (Å²) in [6.45, 7) is 2.74. The van der Waals surface area contributed by atoms with Crippen LogP contribution in [0.1, 0.15) is 10.4 Å². The van der Waals surface area contributed by atoms with Gasteiger partial charge in [0.25, 0.3) is 5.91 Å². The van der Waals surface area contributed by atoms with E-state index in [1.165, 1.54) is 0 Å². The van der Waals surface area contributed by atoms with Crippen molar-refractivity contribution < 1.29 is 9.59 Å². The van der Waals surface area contributed by atoms with Crippen molar-refractivity contribution in [3.05, 3.63) is 40.4 Å². The molecule has 0 bridgehead atoms. The summed E-state index contributed by atoms with van der Waals surface area (Å²) in [5.41, 5.74) is 0.934. The van der Waals surface area contributed by atoms with Gasteiger partial charge >= 0.3 is 6.03 Å². The van der Waals surface area contributed by atoms with E-state index in [2.05, 4.69) is 20.5 Å². The van der Waals surface area contributed by atoms with Gasteiger partial charge in [0.05, 0.1) is 10.6 Å². The van der Waals surface area contributed by atoms with Gasteiger partial charge in [-0.2, -0.15) is 0 Å². The van der Waals surface area contributed by atoms with Crippen LogP contribution in [0.25, 0.3) is 0 Å². The summed E-state index contributed by atoms with van der Waals surface area (Å²) >= 11 is 7.71. The highest BCUT2D eigenvalue weighted by Gasteiger charge is 2.22. The Kier molecular flexibility index (Phi) is 5.40. The van der Waals surface area contributed by atoms with Crippen LogP contribution < -0.4 is 15.5 Å². The Morgan fingerprint density at radius 3 is 2.60 bits per heavy atom. The molecule has 1 aliphatic heterocycles. The summed E-state index contributed by atoms with van der Waals surface area (Å²) < 4.78 is 0. The fourth-order valence-electron chi connectivity index (χ4n) is 2.59. The van der Waals surface area contributed by atoms with Gasteiger partial charge in [0.1, 0.15) is 0 Å². The van der Waals surface area contributed by atoms with Crippen LogP contribution in [0, 0.1) is 0 Å². The highest BCUT2D eigenvalue weighted by atomic mass is 35.5. The van der Waals surface area contributed by atoms with Crippen molar-refractivity contribution in [3.63, 3.8) is 0 Å². The molecule has 2 heterocycles. The molecule has 0 radical (unpaired) electrons. The SMILES string of the molecule is CNC(=O)c1ccc(NC(=O)N2CCN(c3nccs3)CC2)cc1Cl. The van der Waals surface area contributed by atoms with Crippen LogP contribution in [-0.2, 0) is 0 Å². The summed E-state index contributed by atoms with van der Waals surface area (Å²) in [6, 6.07) is 4.66. The van der Waals surface area contributed by atoms with E-state index < -0.39 is 0 Å². The van der Waals surface area contributed by atoms with Crippen molar-refractivity contribution in [2.75, 3.05) is 43.4 Å². The predicted molar refractivity (Wildman–Crippen MR) is 99.8 cm³/mol. The lowest BCUT2D eigenvalue weighted by Crippen LogP contribution is -2.50. The molecule has 0 spiro atoms. The molecule has 1 aliphatic rings. The Balaban J connectivity index is 1.58. The second-order valence-corrected chi connectivity index (χ2v) is 6.77. The molecule has 2 aromatic rings. The Bertz CT molecular complexity index is 760. The number of anilines is 2. The smallest absolute Gasteiger partial charge is 0.321 e. The van der Waals surface area contributed by atoms with Gasteiger partial charge in [-0.15, -0.1) is 11.3 Å². The summed E-state index contributed by atoms with van der Waals surface area (Å²) in [5.74, 6) is -0.263. The number of nitrogens with zero attached hydrogens (tertiary/aromatic N) is 3. The molecule has 1 aromatic heterocycles. The molecule has 0 aliphatic carbocycles. The highest BCUT2D eigenvalue weighted by Crippen LogP contribution is 2.22. The highest BCUT2D eigenvalue weighted by molar-refractivity contribution is 7.13. The molecule has 25 heavy (non-hydrogen) atoms. The predicted octanol–water partition coefficient (Wildman–Crippen LogP) is 2.51. The van der Waals surface area contributed by atoms with Crippen molar-refractivity contribution in [1.82, 2.24) is 15.2 Å². The van der Waals surface area contributed by atoms with Crippen LogP contribution in [0.5, 0.6) is 0 Å². The van der Waals surface area contributed by atoms with Crippen LogP contribution in [0.2, 0.25) is 5.02 Å². The monoisotopic (exact) mass is 379 g/mol. The minimum Gasteiger partial charge on any atom is -0.355 e. The summed E-state index contributed by atoms with van der Waals surface area (Å²) in [6.07, 6.45) is 1.78. The number of carbonyl (C=O) groups excluding carboxylic acids is 2. The van der Waals surface area contributed by atoms with Gasteiger partial charge in [0.15, 0.2) is 5.13 Å². The third-order valence-corrected chi connectivity index (χ3v) is 5.09.